The number of rotatable bonds is 3. The van der Waals surface area contributed by atoms with E-state index in [4.69, 9.17) is 4.52 Å². The molecule has 0 N–H and O–H groups in total. The van der Waals surface area contributed by atoms with Crippen molar-refractivity contribution in [3.8, 4) is 11.4 Å². The van der Waals surface area contributed by atoms with E-state index in [2.05, 4.69) is 10.1 Å². The average molecular weight is 333 g/mol. The summed E-state index contributed by atoms with van der Waals surface area (Å²) in [7, 11) is 0. The van der Waals surface area contributed by atoms with E-state index in [1.807, 2.05) is 4.90 Å². The van der Waals surface area contributed by atoms with Gasteiger partial charge >= 0.3 is 0 Å². The minimum absolute atomic E-state index is 0.144. The van der Waals surface area contributed by atoms with Crippen LogP contribution in [0.2, 0.25) is 0 Å². The monoisotopic (exact) mass is 333 g/mol. The Bertz CT molecular complexity index is 732. The number of hydrogen-bond donors (Lipinski definition) is 0. The zero-order valence-corrected chi connectivity index (χ0v) is 13.3. The van der Waals surface area contributed by atoms with Gasteiger partial charge in [0.1, 0.15) is 11.9 Å². The maximum atomic E-state index is 13.8. The highest BCUT2D eigenvalue weighted by Crippen LogP contribution is 2.38. The largest absolute Gasteiger partial charge is 0.337 e. The zero-order valence-electron chi connectivity index (χ0n) is 12.4. The molecule has 0 radical (unpaired) electrons. The first-order valence-electron chi connectivity index (χ1n) is 7.71. The number of thioether (sulfide) groups is 1. The highest BCUT2D eigenvalue weighted by molar-refractivity contribution is 7.99. The normalized spacial score (nSPS) is 21.4. The first-order chi connectivity index (χ1) is 11.2. The van der Waals surface area contributed by atoms with Gasteiger partial charge in [0.25, 0.3) is 5.89 Å². The molecule has 1 atom stereocenters. The second-order valence-corrected chi connectivity index (χ2v) is 6.89. The summed E-state index contributed by atoms with van der Waals surface area (Å²) in [6, 6.07) is 6.12. The third-order valence-corrected chi connectivity index (χ3v) is 5.47. The van der Waals surface area contributed by atoms with E-state index in [1.165, 1.54) is 6.07 Å². The fraction of sp³-hybridized carbons (Fsp3) is 0.438. The Labute approximate surface area is 137 Å². The summed E-state index contributed by atoms with van der Waals surface area (Å²) in [5, 5.41) is 3.89. The molecule has 1 unspecified atom stereocenters. The van der Waals surface area contributed by atoms with E-state index in [-0.39, 0.29) is 29.5 Å². The van der Waals surface area contributed by atoms with Gasteiger partial charge in [-0.3, -0.25) is 4.79 Å². The molecule has 1 aromatic heterocycles. The number of aromatic nitrogens is 2. The summed E-state index contributed by atoms with van der Waals surface area (Å²) in [4.78, 5) is 18.7. The van der Waals surface area contributed by atoms with Crippen LogP contribution in [-0.4, -0.2) is 32.6 Å². The van der Waals surface area contributed by atoms with Crippen LogP contribution in [0.1, 0.15) is 31.2 Å². The number of hydrogen-bond acceptors (Lipinski definition) is 5. The Balaban J connectivity index is 1.58. The highest BCUT2D eigenvalue weighted by Gasteiger charge is 2.39. The fourth-order valence-electron chi connectivity index (χ4n) is 2.88. The summed E-state index contributed by atoms with van der Waals surface area (Å²) >= 11 is 1.68. The van der Waals surface area contributed by atoms with E-state index in [0.717, 1.165) is 25.0 Å². The Hall–Kier alpha value is -1.89. The Morgan fingerprint density at radius 1 is 1.35 bits per heavy atom. The van der Waals surface area contributed by atoms with Crippen LogP contribution in [0.4, 0.5) is 4.39 Å². The van der Waals surface area contributed by atoms with E-state index in [9.17, 15) is 9.18 Å². The van der Waals surface area contributed by atoms with Crippen molar-refractivity contribution < 1.29 is 13.7 Å². The third kappa shape index (κ3) is 2.63. The second-order valence-electron chi connectivity index (χ2n) is 5.89. The summed E-state index contributed by atoms with van der Waals surface area (Å²) in [5.74, 6) is 1.94. The van der Waals surface area contributed by atoms with Gasteiger partial charge in [-0.15, -0.1) is 11.8 Å². The second kappa shape index (κ2) is 5.96. The van der Waals surface area contributed by atoms with Gasteiger partial charge in [0.15, 0.2) is 0 Å². The number of benzene rings is 1. The lowest BCUT2D eigenvalue weighted by molar-refractivity contribution is -0.139. The molecule has 5 nitrogen and oxygen atoms in total. The van der Waals surface area contributed by atoms with Crippen LogP contribution in [-0.2, 0) is 4.79 Å². The van der Waals surface area contributed by atoms with Gasteiger partial charge < -0.3 is 9.42 Å². The molecular formula is C16H16FN3O2S. The van der Waals surface area contributed by atoms with Gasteiger partial charge in [-0.05, 0) is 25.0 Å². The van der Waals surface area contributed by atoms with Crippen molar-refractivity contribution in [2.24, 2.45) is 5.92 Å². The van der Waals surface area contributed by atoms with Gasteiger partial charge in [0, 0.05) is 11.7 Å². The molecule has 2 heterocycles. The third-order valence-electron chi connectivity index (χ3n) is 4.46. The van der Waals surface area contributed by atoms with Crippen molar-refractivity contribution in [1.29, 1.82) is 0 Å². The summed E-state index contributed by atoms with van der Waals surface area (Å²) in [6.07, 6.45) is 3.06. The number of nitrogens with zero attached hydrogens (tertiary/aromatic N) is 3. The van der Waals surface area contributed by atoms with Gasteiger partial charge in [0.05, 0.1) is 11.4 Å². The van der Waals surface area contributed by atoms with Crippen LogP contribution in [0, 0.1) is 11.7 Å². The van der Waals surface area contributed by atoms with Gasteiger partial charge in [-0.2, -0.15) is 4.98 Å². The number of carbonyl (C=O) groups excluding carboxylic acids is 1. The molecule has 1 aliphatic carbocycles. The van der Waals surface area contributed by atoms with E-state index >= 15 is 0 Å². The molecule has 1 aliphatic heterocycles. The van der Waals surface area contributed by atoms with Crippen molar-refractivity contribution in [3.05, 3.63) is 36.0 Å². The predicted molar refractivity (Wildman–Crippen MR) is 83.9 cm³/mol. The summed E-state index contributed by atoms with van der Waals surface area (Å²) < 4.78 is 19.2. The molecule has 4 rings (SSSR count). The molecule has 1 aromatic carbocycles. The molecule has 120 valence electrons. The number of halogens is 1. The lowest BCUT2D eigenvalue weighted by Crippen LogP contribution is -2.38. The fourth-order valence-corrected chi connectivity index (χ4v) is 4.03. The Morgan fingerprint density at radius 2 is 2.17 bits per heavy atom. The standard InChI is InChI=1S/C16H16FN3O2S/c17-12-7-2-1-6-11(12)14-18-15(22-19-14)13-8-23-9-20(13)16(21)10-4-3-5-10/h1-2,6-7,10,13H,3-5,8-9H2. The predicted octanol–water partition coefficient (Wildman–Crippen LogP) is 3.25. The van der Waals surface area contributed by atoms with E-state index in [0.29, 0.717) is 17.3 Å². The smallest absolute Gasteiger partial charge is 0.250 e. The van der Waals surface area contributed by atoms with Crippen molar-refractivity contribution in [2.75, 3.05) is 11.6 Å². The van der Waals surface area contributed by atoms with Crippen LogP contribution in [0.15, 0.2) is 28.8 Å². The molecule has 2 aromatic rings. The van der Waals surface area contributed by atoms with Crippen LogP contribution in [0.5, 0.6) is 0 Å². The van der Waals surface area contributed by atoms with Crippen molar-refractivity contribution in [1.82, 2.24) is 15.0 Å². The minimum Gasteiger partial charge on any atom is -0.337 e. The lowest BCUT2D eigenvalue weighted by Gasteiger charge is -2.30. The van der Waals surface area contributed by atoms with Gasteiger partial charge in [-0.25, -0.2) is 4.39 Å². The molecule has 7 heteroatoms. The van der Waals surface area contributed by atoms with E-state index < -0.39 is 0 Å². The molecule has 23 heavy (non-hydrogen) atoms. The van der Waals surface area contributed by atoms with Crippen LogP contribution in [0.25, 0.3) is 11.4 Å². The SMILES string of the molecule is O=C(C1CCC1)N1CSCC1c1nc(-c2ccccc2F)no1. The highest BCUT2D eigenvalue weighted by atomic mass is 32.2. The zero-order chi connectivity index (χ0) is 15.8. The van der Waals surface area contributed by atoms with E-state index in [1.54, 1.807) is 30.0 Å². The van der Waals surface area contributed by atoms with Crippen molar-refractivity contribution in [2.45, 2.75) is 25.3 Å². The first kappa shape index (κ1) is 14.7. The van der Waals surface area contributed by atoms with Crippen molar-refractivity contribution >= 4 is 17.7 Å². The van der Waals surface area contributed by atoms with Gasteiger partial charge in [-0.1, -0.05) is 23.7 Å². The molecule has 1 saturated heterocycles. The van der Waals surface area contributed by atoms with Gasteiger partial charge in [0.2, 0.25) is 11.7 Å². The number of carbonyl (C=O) groups is 1. The van der Waals surface area contributed by atoms with Crippen LogP contribution in [0.3, 0.4) is 0 Å². The Kier molecular flexibility index (Phi) is 3.80. The quantitative estimate of drug-likeness (QED) is 0.863. The molecule has 2 fully saturated rings. The number of amides is 1. The molecular weight excluding hydrogens is 317 g/mol. The maximum absolute atomic E-state index is 13.8. The van der Waals surface area contributed by atoms with Crippen LogP contribution < -0.4 is 0 Å². The molecule has 2 aliphatic rings. The minimum atomic E-state index is -0.386. The molecule has 1 saturated carbocycles. The summed E-state index contributed by atoms with van der Waals surface area (Å²) in [5.41, 5.74) is 0.310. The maximum Gasteiger partial charge on any atom is 0.250 e. The molecule has 0 spiro atoms. The first-order valence-corrected chi connectivity index (χ1v) is 8.86. The van der Waals surface area contributed by atoms with Crippen molar-refractivity contribution in [3.63, 3.8) is 0 Å². The molecule has 0 bridgehead atoms. The topological polar surface area (TPSA) is 59.2 Å². The van der Waals surface area contributed by atoms with Crippen LogP contribution >= 0.6 is 11.8 Å². The lowest BCUT2D eigenvalue weighted by atomic mass is 9.84. The Morgan fingerprint density at radius 3 is 2.91 bits per heavy atom. The molecule has 1 amide bonds. The summed E-state index contributed by atoms with van der Waals surface area (Å²) in [6.45, 7) is 0. The average Bonchev–Trinajstić information content (AvgIpc) is 3.14.